The van der Waals surface area contributed by atoms with Crippen molar-refractivity contribution in [2.24, 2.45) is 0 Å². The number of carbonyl (C=O) groups excluding carboxylic acids is 1. The zero-order valence-electron chi connectivity index (χ0n) is 16.1. The monoisotopic (exact) mass is 368 g/mol. The molecule has 144 valence electrons. The van der Waals surface area contributed by atoms with Crippen LogP contribution in [0.25, 0.3) is 0 Å². The number of aromatic nitrogens is 1. The number of benzene rings is 1. The molecular formula is C22H28N2O3. The van der Waals surface area contributed by atoms with E-state index in [1.807, 2.05) is 36.9 Å². The molecule has 2 heterocycles. The Morgan fingerprint density at radius 2 is 2.04 bits per heavy atom. The number of likely N-dealkylation sites (tertiary alicyclic amines) is 1. The topological polar surface area (TPSA) is 62.5 Å². The molecular weight excluding hydrogens is 340 g/mol. The van der Waals surface area contributed by atoms with Crippen LogP contribution in [0.15, 0.2) is 41.2 Å². The first-order chi connectivity index (χ1) is 13.0. The maximum absolute atomic E-state index is 13.1. The van der Waals surface area contributed by atoms with Gasteiger partial charge in [-0.15, -0.1) is 0 Å². The number of phenolic OH excluding ortho intramolecular Hbond substituents is 1. The average molecular weight is 368 g/mol. The number of hydrogen-bond acceptors (Lipinski definition) is 3. The molecule has 0 radical (unpaired) electrons. The van der Waals surface area contributed by atoms with Gasteiger partial charge in [0.2, 0.25) is 0 Å². The van der Waals surface area contributed by atoms with E-state index in [2.05, 4.69) is 0 Å². The van der Waals surface area contributed by atoms with Crippen molar-refractivity contribution in [1.82, 2.24) is 9.47 Å². The number of nitrogens with zero attached hydrogens (tertiary/aromatic N) is 2. The number of aromatic hydroxyl groups is 1. The maximum Gasteiger partial charge on any atom is 0.263 e. The first kappa shape index (κ1) is 19.2. The second kappa shape index (κ2) is 8.42. The predicted octanol–water partition coefficient (Wildman–Crippen LogP) is 3.51. The second-order valence-corrected chi connectivity index (χ2v) is 7.29. The Morgan fingerprint density at radius 1 is 1.22 bits per heavy atom. The van der Waals surface area contributed by atoms with Crippen LogP contribution >= 0.6 is 0 Å². The van der Waals surface area contributed by atoms with Crippen LogP contribution in [0.1, 0.15) is 54.2 Å². The zero-order chi connectivity index (χ0) is 19.4. The highest BCUT2D eigenvalue weighted by Crippen LogP contribution is 2.24. The number of piperidine rings is 1. The molecule has 0 saturated carbocycles. The van der Waals surface area contributed by atoms with Crippen molar-refractivity contribution in [3.8, 4) is 5.75 Å². The lowest BCUT2D eigenvalue weighted by Gasteiger charge is -2.36. The summed E-state index contributed by atoms with van der Waals surface area (Å²) in [5.74, 6) is 0.117. The molecule has 0 aliphatic carbocycles. The number of amides is 1. The van der Waals surface area contributed by atoms with Gasteiger partial charge in [-0.25, -0.2) is 0 Å². The highest BCUT2D eigenvalue weighted by atomic mass is 16.3. The minimum atomic E-state index is -0.195. The number of phenols is 1. The molecule has 2 aromatic rings. The van der Waals surface area contributed by atoms with E-state index < -0.39 is 0 Å². The molecule has 1 saturated heterocycles. The van der Waals surface area contributed by atoms with Crippen molar-refractivity contribution in [3.63, 3.8) is 0 Å². The molecule has 5 heteroatoms. The summed E-state index contributed by atoms with van der Waals surface area (Å²) in [6.45, 7) is 5.06. The van der Waals surface area contributed by atoms with E-state index in [0.29, 0.717) is 13.1 Å². The Kier molecular flexibility index (Phi) is 5.99. The van der Waals surface area contributed by atoms with Gasteiger partial charge in [0, 0.05) is 24.8 Å². The molecule has 1 aromatic carbocycles. The summed E-state index contributed by atoms with van der Waals surface area (Å²) in [6.07, 6.45) is 4.67. The summed E-state index contributed by atoms with van der Waals surface area (Å²) >= 11 is 0. The summed E-state index contributed by atoms with van der Waals surface area (Å²) in [6, 6.07) is 10.9. The van der Waals surface area contributed by atoms with E-state index in [1.165, 1.54) is 0 Å². The van der Waals surface area contributed by atoms with Gasteiger partial charge in [-0.05, 0) is 75.8 Å². The lowest BCUT2D eigenvalue weighted by molar-refractivity contribution is 0.0599. The lowest BCUT2D eigenvalue weighted by atomic mass is 9.95. The van der Waals surface area contributed by atoms with Crippen LogP contribution in [0.3, 0.4) is 0 Å². The fraction of sp³-hybridized carbons (Fsp3) is 0.455. The first-order valence-electron chi connectivity index (χ1n) is 9.80. The van der Waals surface area contributed by atoms with Gasteiger partial charge in [0.15, 0.2) is 0 Å². The van der Waals surface area contributed by atoms with Crippen LogP contribution in [0.5, 0.6) is 5.75 Å². The SMILES string of the molecule is CCn1c(C)ccc(C(=O)N2CCCC[C@@H]2CCc2cccc(O)c2)c1=O. The molecule has 0 spiro atoms. The Morgan fingerprint density at radius 3 is 2.78 bits per heavy atom. The third kappa shape index (κ3) is 4.24. The molecule has 3 rings (SSSR count). The highest BCUT2D eigenvalue weighted by Gasteiger charge is 2.29. The van der Waals surface area contributed by atoms with E-state index in [4.69, 9.17) is 0 Å². The van der Waals surface area contributed by atoms with Gasteiger partial charge in [-0.3, -0.25) is 9.59 Å². The van der Waals surface area contributed by atoms with E-state index in [9.17, 15) is 14.7 Å². The van der Waals surface area contributed by atoms with Crippen molar-refractivity contribution in [1.29, 1.82) is 0 Å². The van der Waals surface area contributed by atoms with Crippen LogP contribution in [0.4, 0.5) is 0 Å². The van der Waals surface area contributed by atoms with Crippen LogP contribution < -0.4 is 5.56 Å². The van der Waals surface area contributed by atoms with Crippen molar-refractivity contribution >= 4 is 5.91 Å². The normalized spacial score (nSPS) is 17.1. The number of aryl methyl sites for hydroxylation is 2. The molecule has 1 N–H and O–H groups in total. The fourth-order valence-corrected chi connectivity index (χ4v) is 3.99. The minimum Gasteiger partial charge on any atom is -0.508 e. The van der Waals surface area contributed by atoms with Crippen molar-refractivity contribution < 1.29 is 9.90 Å². The van der Waals surface area contributed by atoms with Crippen LogP contribution in [-0.2, 0) is 13.0 Å². The molecule has 1 atom stereocenters. The number of hydrogen-bond donors (Lipinski definition) is 1. The lowest BCUT2D eigenvalue weighted by Crippen LogP contribution is -2.46. The van der Waals surface area contributed by atoms with E-state index in [-0.39, 0.29) is 28.8 Å². The third-order valence-electron chi connectivity index (χ3n) is 5.50. The van der Waals surface area contributed by atoms with Gasteiger partial charge in [-0.1, -0.05) is 12.1 Å². The third-order valence-corrected chi connectivity index (χ3v) is 5.50. The van der Waals surface area contributed by atoms with Gasteiger partial charge in [-0.2, -0.15) is 0 Å². The van der Waals surface area contributed by atoms with Crippen LogP contribution in [-0.4, -0.2) is 33.1 Å². The Hall–Kier alpha value is -2.56. The maximum atomic E-state index is 13.1. The first-order valence-corrected chi connectivity index (χ1v) is 9.80. The summed E-state index contributed by atoms with van der Waals surface area (Å²) in [4.78, 5) is 27.8. The molecule has 1 aromatic heterocycles. The molecule has 0 bridgehead atoms. The number of carbonyl (C=O) groups is 1. The smallest absolute Gasteiger partial charge is 0.263 e. The van der Waals surface area contributed by atoms with Gasteiger partial charge < -0.3 is 14.6 Å². The predicted molar refractivity (Wildman–Crippen MR) is 106 cm³/mol. The number of rotatable bonds is 5. The average Bonchev–Trinajstić information content (AvgIpc) is 2.67. The second-order valence-electron chi connectivity index (χ2n) is 7.29. The quantitative estimate of drug-likeness (QED) is 0.878. The zero-order valence-corrected chi connectivity index (χ0v) is 16.1. The van der Waals surface area contributed by atoms with E-state index >= 15 is 0 Å². The van der Waals surface area contributed by atoms with Crippen molar-refractivity contribution in [2.75, 3.05) is 6.54 Å². The standard InChI is InChI=1S/C22H28N2O3/c1-3-23-16(2)10-13-20(21(23)26)22(27)24-14-5-4-8-18(24)12-11-17-7-6-9-19(25)15-17/h6-7,9-10,13,15,18,25H,3-5,8,11-12,14H2,1-2H3/t18-/m1/s1. The minimum absolute atomic E-state index is 0.129. The highest BCUT2D eigenvalue weighted by molar-refractivity contribution is 5.94. The summed E-state index contributed by atoms with van der Waals surface area (Å²) < 4.78 is 1.65. The van der Waals surface area contributed by atoms with Gasteiger partial charge >= 0.3 is 0 Å². The van der Waals surface area contributed by atoms with Gasteiger partial charge in [0.25, 0.3) is 11.5 Å². The van der Waals surface area contributed by atoms with Gasteiger partial charge in [0.1, 0.15) is 11.3 Å². The van der Waals surface area contributed by atoms with E-state index in [1.54, 1.807) is 22.8 Å². The largest absolute Gasteiger partial charge is 0.508 e. The van der Waals surface area contributed by atoms with Gasteiger partial charge in [0.05, 0.1) is 0 Å². The van der Waals surface area contributed by atoms with E-state index in [0.717, 1.165) is 43.4 Å². The molecule has 1 fully saturated rings. The van der Waals surface area contributed by atoms with Crippen molar-refractivity contribution in [3.05, 3.63) is 63.6 Å². The molecule has 5 nitrogen and oxygen atoms in total. The van der Waals surface area contributed by atoms with Crippen LogP contribution in [0, 0.1) is 6.92 Å². The van der Waals surface area contributed by atoms with Crippen LogP contribution in [0.2, 0.25) is 0 Å². The molecule has 1 aliphatic heterocycles. The van der Waals surface area contributed by atoms with Crippen molar-refractivity contribution in [2.45, 2.75) is 58.5 Å². The molecule has 1 aliphatic rings. The Balaban J connectivity index is 1.79. The summed E-state index contributed by atoms with van der Waals surface area (Å²) in [5.41, 5.74) is 2.02. The summed E-state index contributed by atoms with van der Waals surface area (Å²) in [5, 5.41) is 9.64. The molecule has 1 amide bonds. The fourth-order valence-electron chi connectivity index (χ4n) is 3.99. The summed E-state index contributed by atoms with van der Waals surface area (Å²) in [7, 11) is 0. The number of pyridine rings is 1. The molecule has 27 heavy (non-hydrogen) atoms. The Bertz CT molecular complexity index is 872. The molecule has 0 unspecified atom stereocenters. The Labute approximate surface area is 160 Å².